The van der Waals surface area contributed by atoms with Crippen LogP contribution in [0.3, 0.4) is 0 Å². The normalized spacial score (nSPS) is 41.3. The summed E-state index contributed by atoms with van der Waals surface area (Å²) in [4.78, 5) is 2.31. The fourth-order valence-electron chi connectivity index (χ4n) is 7.43. The highest BCUT2D eigenvalue weighted by Crippen LogP contribution is 2.59. The van der Waals surface area contributed by atoms with Gasteiger partial charge in [0.25, 0.3) is 0 Å². The van der Waals surface area contributed by atoms with Crippen LogP contribution in [0.4, 0.5) is 8.78 Å². The summed E-state index contributed by atoms with van der Waals surface area (Å²) in [5, 5.41) is 20.2. The van der Waals surface area contributed by atoms with Gasteiger partial charge in [-0.2, -0.15) is 8.78 Å². The van der Waals surface area contributed by atoms with Crippen molar-refractivity contribution in [1.82, 2.24) is 4.90 Å². The Balaban J connectivity index is 1.42. The quantitative estimate of drug-likeness (QED) is 0.575. The van der Waals surface area contributed by atoms with Gasteiger partial charge in [-0.05, 0) is 79.3 Å². The number of nitrogens with zero attached hydrogens (tertiary/aromatic N) is 1. The Hall–Kier alpha value is -1.08. The first-order valence-electron chi connectivity index (χ1n) is 12.8. The summed E-state index contributed by atoms with van der Waals surface area (Å²) < 4.78 is 29.9. The number of hydrogen-bond donors (Lipinski definition) is 2. The number of aliphatic hydroxyl groups is 2. The maximum absolute atomic E-state index is 12.6. The molecule has 0 radical (unpaired) electrons. The van der Waals surface area contributed by atoms with Crippen LogP contribution in [0.25, 0.3) is 0 Å². The van der Waals surface area contributed by atoms with Crippen molar-refractivity contribution in [1.29, 1.82) is 0 Å². The molecule has 3 saturated carbocycles. The lowest BCUT2D eigenvalue weighted by molar-refractivity contribution is -0.158. The Morgan fingerprint density at radius 3 is 2.79 bits per heavy atom. The maximum atomic E-state index is 12.6. The monoisotopic (exact) mass is 465 g/mol. The van der Waals surface area contributed by atoms with Crippen LogP contribution in [0.5, 0.6) is 0 Å². The highest BCUT2D eigenvalue weighted by molar-refractivity contribution is 5.38. The minimum absolute atomic E-state index is 0.267. The molecule has 2 unspecified atom stereocenters. The summed E-state index contributed by atoms with van der Waals surface area (Å²) in [6.07, 6.45) is 10.4. The van der Waals surface area contributed by atoms with Gasteiger partial charge in [0.15, 0.2) is 0 Å². The average molecular weight is 466 g/mol. The second-order valence-corrected chi connectivity index (χ2v) is 11.2. The molecule has 4 nitrogen and oxygen atoms in total. The molecule has 33 heavy (non-hydrogen) atoms. The van der Waals surface area contributed by atoms with E-state index < -0.39 is 18.8 Å². The standard InChI is InChI=1S/C27H41F2NO3/c1-17(15-30-12-10-22(16-30)33-26(28)29)23-8-9-24-19(5-4-11-27(23,24)3)6-7-20-13-21(31)14-25(32)18(20)2/h6-7,17,21-26,31-32H,2,4-5,8-16H2,1,3H3/b19-6+,20-7-/t17-,21?,22-,23-,24+,25?,27-/m1/s1. The highest BCUT2D eigenvalue weighted by atomic mass is 19.3. The van der Waals surface area contributed by atoms with E-state index in [1.54, 1.807) is 0 Å². The second-order valence-electron chi connectivity index (χ2n) is 11.2. The topological polar surface area (TPSA) is 52.9 Å². The molecule has 1 saturated heterocycles. The molecular weight excluding hydrogens is 424 g/mol. The molecule has 0 spiro atoms. The summed E-state index contributed by atoms with van der Waals surface area (Å²) in [5.74, 6) is 1.71. The van der Waals surface area contributed by atoms with E-state index >= 15 is 0 Å². The van der Waals surface area contributed by atoms with E-state index in [1.807, 2.05) is 0 Å². The lowest BCUT2D eigenvalue weighted by atomic mass is 9.61. The molecule has 7 atom stereocenters. The van der Waals surface area contributed by atoms with Gasteiger partial charge in [0, 0.05) is 26.1 Å². The van der Waals surface area contributed by atoms with Crippen LogP contribution >= 0.6 is 0 Å². The first-order valence-corrected chi connectivity index (χ1v) is 12.8. The molecule has 186 valence electrons. The Morgan fingerprint density at radius 1 is 1.24 bits per heavy atom. The first kappa shape index (κ1) is 25.0. The summed E-state index contributed by atoms with van der Waals surface area (Å²) in [6, 6.07) is 0. The third-order valence-electron chi connectivity index (χ3n) is 9.06. The first-order chi connectivity index (χ1) is 15.7. The molecule has 4 rings (SSSR count). The summed E-state index contributed by atoms with van der Waals surface area (Å²) in [6.45, 7) is 8.58. The minimum atomic E-state index is -2.68. The van der Waals surface area contributed by atoms with Crippen molar-refractivity contribution in [3.05, 3.63) is 35.5 Å². The fraction of sp³-hybridized carbons (Fsp3) is 0.778. The number of rotatable bonds is 6. The van der Waals surface area contributed by atoms with E-state index in [0.29, 0.717) is 43.6 Å². The molecule has 0 aromatic carbocycles. The zero-order valence-corrected chi connectivity index (χ0v) is 20.2. The Bertz CT molecular complexity index is 781. The highest BCUT2D eigenvalue weighted by Gasteiger charge is 2.51. The number of ether oxygens (including phenoxy) is 1. The third-order valence-corrected chi connectivity index (χ3v) is 9.06. The molecule has 0 aromatic heterocycles. The van der Waals surface area contributed by atoms with E-state index in [2.05, 4.69) is 37.5 Å². The van der Waals surface area contributed by atoms with Crippen molar-refractivity contribution in [2.45, 2.75) is 90.1 Å². The van der Waals surface area contributed by atoms with Crippen molar-refractivity contribution < 1.29 is 23.7 Å². The van der Waals surface area contributed by atoms with Gasteiger partial charge in [-0.3, -0.25) is 0 Å². The zero-order valence-electron chi connectivity index (χ0n) is 20.2. The van der Waals surface area contributed by atoms with Gasteiger partial charge >= 0.3 is 6.61 Å². The lowest BCUT2D eigenvalue weighted by Crippen LogP contribution is -2.39. The number of hydrogen-bond acceptors (Lipinski definition) is 4. The van der Waals surface area contributed by atoms with Crippen LogP contribution in [-0.4, -0.2) is 59.7 Å². The molecule has 0 bridgehead atoms. The fourth-order valence-corrected chi connectivity index (χ4v) is 7.43. The molecule has 0 aromatic rings. The van der Waals surface area contributed by atoms with Crippen LogP contribution in [0.2, 0.25) is 0 Å². The van der Waals surface area contributed by atoms with E-state index in [4.69, 9.17) is 4.74 Å². The van der Waals surface area contributed by atoms with Crippen LogP contribution < -0.4 is 0 Å². The second kappa shape index (κ2) is 10.3. The summed E-state index contributed by atoms with van der Waals surface area (Å²) in [7, 11) is 0. The minimum Gasteiger partial charge on any atom is -0.393 e. The van der Waals surface area contributed by atoms with Crippen LogP contribution in [0.1, 0.15) is 65.2 Å². The van der Waals surface area contributed by atoms with E-state index in [9.17, 15) is 19.0 Å². The Morgan fingerprint density at radius 2 is 2.03 bits per heavy atom. The van der Waals surface area contributed by atoms with Gasteiger partial charge in [-0.25, -0.2) is 0 Å². The van der Waals surface area contributed by atoms with Crippen LogP contribution in [0, 0.1) is 23.2 Å². The van der Waals surface area contributed by atoms with E-state index in [1.165, 1.54) is 31.3 Å². The number of aliphatic hydroxyl groups excluding tert-OH is 2. The molecule has 0 amide bonds. The van der Waals surface area contributed by atoms with Crippen molar-refractivity contribution in [2.24, 2.45) is 23.2 Å². The molecule has 2 N–H and O–H groups in total. The molecule has 6 heteroatoms. The van der Waals surface area contributed by atoms with Crippen molar-refractivity contribution >= 4 is 0 Å². The summed E-state index contributed by atoms with van der Waals surface area (Å²) in [5.41, 5.74) is 3.48. The van der Waals surface area contributed by atoms with Gasteiger partial charge in [-0.15, -0.1) is 0 Å². The predicted molar refractivity (Wildman–Crippen MR) is 126 cm³/mol. The van der Waals surface area contributed by atoms with Crippen LogP contribution in [0.15, 0.2) is 35.5 Å². The third kappa shape index (κ3) is 5.44. The van der Waals surface area contributed by atoms with Gasteiger partial charge in [0.2, 0.25) is 0 Å². The molecule has 1 heterocycles. The number of allylic oxidation sites excluding steroid dienone is 3. The smallest absolute Gasteiger partial charge is 0.345 e. The molecule has 4 fully saturated rings. The Kier molecular flexibility index (Phi) is 7.79. The van der Waals surface area contributed by atoms with Crippen molar-refractivity contribution in [2.75, 3.05) is 19.6 Å². The largest absolute Gasteiger partial charge is 0.393 e. The number of halogens is 2. The van der Waals surface area contributed by atoms with Gasteiger partial charge in [-0.1, -0.05) is 38.2 Å². The maximum Gasteiger partial charge on any atom is 0.345 e. The zero-order chi connectivity index (χ0) is 23.8. The average Bonchev–Trinajstić information content (AvgIpc) is 3.32. The van der Waals surface area contributed by atoms with Gasteiger partial charge in [0.05, 0.1) is 18.3 Å². The number of likely N-dealkylation sites (tertiary alicyclic amines) is 1. The number of alkyl halides is 2. The van der Waals surface area contributed by atoms with E-state index in [-0.39, 0.29) is 11.5 Å². The summed E-state index contributed by atoms with van der Waals surface area (Å²) >= 11 is 0. The van der Waals surface area contributed by atoms with Crippen LogP contribution in [-0.2, 0) is 4.74 Å². The molecule has 4 aliphatic rings. The van der Waals surface area contributed by atoms with Crippen molar-refractivity contribution in [3.8, 4) is 0 Å². The molecular formula is C27H41F2NO3. The lowest BCUT2D eigenvalue weighted by Gasteiger charge is -2.45. The molecule has 3 aliphatic carbocycles. The van der Waals surface area contributed by atoms with Gasteiger partial charge in [0.1, 0.15) is 0 Å². The van der Waals surface area contributed by atoms with E-state index in [0.717, 1.165) is 30.7 Å². The van der Waals surface area contributed by atoms with Gasteiger partial charge < -0.3 is 19.8 Å². The van der Waals surface area contributed by atoms with Crippen molar-refractivity contribution in [3.63, 3.8) is 0 Å². The predicted octanol–water partition coefficient (Wildman–Crippen LogP) is 5.08. The Labute approximate surface area is 197 Å². The SMILES string of the molecule is C=C1/C(=C\C=C2/CCC[C@]3(C)[C@@H]([C@H](C)CN4CC[C@@H](OC(F)F)C4)CC[C@@H]23)CC(O)CC1O. The molecule has 1 aliphatic heterocycles. The number of fused-ring (bicyclic) bond motifs is 1.